The van der Waals surface area contributed by atoms with E-state index in [0.29, 0.717) is 17.7 Å². The number of hydrogen-bond donors (Lipinski definition) is 2. The Labute approximate surface area is 82.3 Å². The number of aromatic amines is 1. The Bertz CT molecular complexity index is 309. The third-order valence-electron chi connectivity index (χ3n) is 2.55. The lowest BCUT2D eigenvalue weighted by Crippen LogP contribution is -2.27. The molecule has 0 aliphatic heterocycles. The smallest absolute Gasteiger partial charge is 0.273 e. The summed E-state index contributed by atoms with van der Waals surface area (Å²) in [6.07, 6.45) is 4.93. The molecule has 76 valence electrons. The normalized spacial score (nSPS) is 24.6. The van der Waals surface area contributed by atoms with E-state index in [1.54, 1.807) is 0 Å². The van der Waals surface area contributed by atoms with Crippen LogP contribution in [0.4, 0.5) is 0 Å². The van der Waals surface area contributed by atoms with E-state index in [4.69, 9.17) is 0 Å². The van der Waals surface area contributed by atoms with Crippen LogP contribution in [0.25, 0.3) is 0 Å². The molecule has 1 fully saturated rings. The molecule has 0 aromatic carbocycles. The summed E-state index contributed by atoms with van der Waals surface area (Å²) in [5.74, 6) is 0.554. The highest BCUT2D eigenvalue weighted by Crippen LogP contribution is 2.34. The van der Waals surface area contributed by atoms with Crippen molar-refractivity contribution in [1.29, 1.82) is 0 Å². The van der Waals surface area contributed by atoms with E-state index in [1.165, 1.54) is 19.0 Å². The fraction of sp³-hybridized carbons (Fsp3) is 0.667. The quantitative estimate of drug-likeness (QED) is 0.742. The summed E-state index contributed by atoms with van der Waals surface area (Å²) in [5, 5.41) is 12.7. The molecular weight excluding hydrogens is 180 g/mol. The van der Waals surface area contributed by atoms with Crippen molar-refractivity contribution in [1.82, 2.24) is 20.7 Å². The Morgan fingerprint density at radius 1 is 1.79 bits per heavy atom. The van der Waals surface area contributed by atoms with Crippen LogP contribution in [0.3, 0.4) is 0 Å². The molecule has 14 heavy (non-hydrogen) atoms. The molecule has 5 nitrogen and oxygen atoms in total. The molecule has 2 N–H and O–H groups in total. The van der Waals surface area contributed by atoms with E-state index < -0.39 is 0 Å². The lowest BCUT2D eigenvalue weighted by atomic mass is 10.2. The first-order valence-corrected chi connectivity index (χ1v) is 4.98. The van der Waals surface area contributed by atoms with Gasteiger partial charge >= 0.3 is 0 Å². The molecule has 1 saturated carbocycles. The number of hydrogen-bond acceptors (Lipinski definition) is 3. The third-order valence-corrected chi connectivity index (χ3v) is 2.55. The van der Waals surface area contributed by atoms with Gasteiger partial charge in [-0.3, -0.25) is 4.79 Å². The van der Waals surface area contributed by atoms with Crippen molar-refractivity contribution in [2.45, 2.75) is 32.2 Å². The van der Waals surface area contributed by atoms with Gasteiger partial charge in [0.15, 0.2) is 5.69 Å². The second-order valence-corrected chi connectivity index (χ2v) is 3.72. The lowest BCUT2D eigenvalue weighted by molar-refractivity contribution is 0.0944. The van der Waals surface area contributed by atoms with Gasteiger partial charge in [-0.25, -0.2) is 0 Å². The van der Waals surface area contributed by atoms with E-state index in [9.17, 15) is 4.79 Å². The van der Waals surface area contributed by atoms with Gasteiger partial charge in [0.1, 0.15) is 0 Å². The number of amides is 1. The van der Waals surface area contributed by atoms with Gasteiger partial charge in [0.25, 0.3) is 5.91 Å². The first-order valence-electron chi connectivity index (χ1n) is 4.98. The van der Waals surface area contributed by atoms with Gasteiger partial charge in [0.2, 0.25) is 0 Å². The second-order valence-electron chi connectivity index (χ2n) is 3.72. The fourth-order valence-electron chi connectivity index (χ4n) is 1.67. The van der Waals surface area contributed by atoms with Crippen molar-refractivity contribution in [2.75, 3.05) is 0 Å². The molecule has 0 radical (unpaired) electrons. The van der Waals surface area contributed by atoms with Crippen LogP contribution in [-0.2, 0) is 0 Å². The summed E-state index contributed by atoms with van der Waals surface area (Å²) in [6.45, 7) is 2.16. The van der Waals surface area contributed by atoms with Gasteiger partial charge in [-0.2, -0.15) is 15.4 Å². The maximum Gasteiger partial charge on any atom is 0.273 e. The van der Waals surface area contributed by atoms with Crippen LogP contribution < -0.4 is 5.32 Å². The first kappa shape index (κ1) is 9.18. The zero-order valence-electron chi connectivity index (χ0n) is 8.16. The predicted octanol–water partition coefficient (Wildman–Crippen LogP) is 0.723. The minimum atomic E-state index is -0.123. The zero-order valence-corrected chi connectivity index (χ0v) is 8.16. The molecule has 2 unspecified atom stereocenters. The van der Waals surface area contributed by atoms with E-state index >= 15 is 0 Å². The molecule has 5 heteroatoms. The van der Waals surface area contributed by atoms with Crippen molar-refractivity contribution in [3.63, 3.8) is 0 Å². The van der Waals surface area contributed by atoms with Crippen LogP contribution >= 0.6 is 0 Å². The van der Waals surface area contributed by atoms with E-state index in [2.05, 4.69) is 27.7 Å². The highest BCUT2D eigenvalue weighted by Gasteiger charge is 2.37. The van der Waals surface area contributed by atoms with Crippen molar-refractivity contribution in [3.8, 4) is 0 Å². The maximum absolute atomic E-state index is 11.5. The third kappa shape index (κ3) is 1.92. The number of carbonyl (C=O) groups is 1. The fourth-order valence-corrected chi connectivity index (χ4v) is 1.67. The summed E-state index contributed by atoms with van der Waals surface area (Å²) in [7, 11) is 0. The highest BCUT2D eigenvalue weighted by molar-refractivity contribution is 5.92. The van der Waals surface area contributed by atoms with Crippen LogP contribution in [0.15, 0.2) is 6.20 Å². The molecule has 1 amide bonds. The maximum atomic E-state index is 11.5. The van der Waals surface area contributed by atoms with Crippen molar-refractivity contribution < 1.29 is 4.79 Å². The Balaban J connectivity index is 1.80. The summed E-state index contributed by atoms with van der Waals surface area (Å²) in [6, 6.07) is 0.360. The molecule has 0 bridgehead atoms. The van der Waals surface area contributed by atoms with Crippen LogP contribution in [0.5, 0.6) is 0 Å². The molecule has 1 aliphatic carbocycles. The average Bonchev–Trinajstić information content (AvgIpc) is 2.71. The molecule has 1 heterocycles. The largest absolute Gasteiger partial charge is 0.348 e. The number of nitrogens with zero attached hydrogens (tertiary/aromatic N) is 2. The van der Waals surface area contributed by atoms with Crippen LogP contribution in [0.2, 0.25) is 0 Å². The van der Waals surface area contributed by atoms with E-state index in [1.807, 2.05) is 0 Å². The molecule has 1 aromatic heterocycles. The minimum Gasteiger partial charge on any atom is -0.348 e. The highest BCUT2D eigenvalue weighted by atomic mass is 16.2. The number of carbonyl (C=O) groups excluding carboxylic acids is 1. The zero-order chi connectivity index (χ0) is 9.97. The number of rotatable bonds is 4. The van der Waals surface area contributed by atoms with Gasteiger partial charge in [-0.15, -0.1) is 0 Å². The molecule has 0 spiro atoms. The Kier molecular flexibility index (Phi) is 2.47. The van der Waals surface area contributed by atoms with Crippen LogP contribution in [0.1, 0.15) is 36.7 Å². The summed E-state index contributed by atoms with van der Waals surface area (Å²) < 4.78 is 0. The number of aromatic nitrogens is 3. The van der Waals surface area contributed by atoms with Crippen molar-refractivity contribution in [2.24, 2.45) is 5.92 Å². The van der Waals surface area contributed by atoms with Crippen LogP contribution in [-0.4, -0.2) is 27.4 Å². The minimum absolute atomic E-state index is 0.123. The topological polar surface area (TPSA) is 70.7 Å². The Morgan fingerprint density at radius 3 is 3.29 bits per heavy atom. The van der Waals surface area contributed by atoms with Crippen LogP contribution in [0, 0.1) is 5.92 Å². The lowest BCUT2D eigenvalue weighted by Gasteiger charge is -2.00. The Hall–Kier alpha value is -1.39. The first-order chi connectivity index (χ1) is 6.81. The number of H-pyrrole nitrogens is 1. The molecule has 0 saturated heterocycles. The summed E-state index contributed by atoms with van der Waals surface area (Å²) in [5.41, 5.74) is 0.368. The standard InChI is InChI=1S/C9H14N4O/c1-2-3-6-4-7(6)11-9(14)8-5-10-13-12-8/h5-7H,2-4H2,1H3,(H,11,14)(H,10,12,13). The monoisotopic (exact) mass is 194 g/mol. The van der Waals surface area contributed by atoms with Crippen molar-refractivity contribution in [3.05, 3.63) is 11.9 Å². The molecule has 1 aromatic rings. The van der Waals surface area contributed by atoms with Gasteiger partial charge < -0.3 is 5.32 Å². The number of nitrogens with one attached hydrogen (secondary N) is 2. The SMILES string of the molecule is CCCC1CC1NC(=O)c1cn[nH]n1. The average molecular weight is 194 g/mol. The molecular formula is C9H14N4O. The predicted molar refractivity (Wildman–Crippen MR) is 50.7 cm³/mol. The van der Waals surface area contributed by atoms with Crippen molar-refractivity contribution >= 4 is 5.91 Å². The Morgan fingerprint density at radius 2 is 2.64 bits per heavy atom. The second kappa shape index (κ2) is 3.77. The molecule has 2 atom stereocenters. The van der Waals surface area contributed by atoms with Gasteiger partial charge in [-0.1, -0.05) is 13.3 Å². The summed E-state index contributed by atoms with van der Waals surface area (Å²) >= 11 is 0. The summed E-state index contributed by atoms with van der Waals surface area (Å²) in [4.78, 5) is 11.5. The van der Waals surface area contributed by atoms with E-state index in [-0.39, 0.29) is 5.91 Å². The van der Waals surface area contributed by atoms with Gasteiger partial charge in [-0.05, 0) is 18.8 Å². The van der Waals surface area contributed by atoms with Gasteiger partial charge in [0.05, 0.1) is 6.20 Å². The molecule has 2 rings (SSSR count). The molecule has 1 aliphatic rings. The van der Waals surface area contributed by atoms with Gasteiger partial charge in [0, 0.05) is 6.04 Å². The van der Waals surface area contributed by atoms with E-state index in [0.717, 1.165) is 6.42 Å².